The van der Waals surface area contributed by atoms with E-state index < -0.39 is 0 Å². The highest BCUT2D eigenvalue weighted by molar-refractivity contribution is 5.03. The van der Waals surface area contributed by atoms with Crippen molar-refractivity contribution in [2.45, 2.75) is 40.0 Å². The zero-order chi connectivity index (χ0) is 11.8. The van der Waals surface area contributed by atoms with Crippen LogP contribution >= 0.6 is 0 Å². The van der Waals surface area contributed by atoms with Crippen molar-refractivity contribution in [2.24, 2.45) is 5.92 Å². The molecule has 1 atom stereocenters. The number of nitrogens with one attached hydrogen (secondary N) is 1. The Morgan fingerprint density at radius 3 is 2.81 bits per heavy atom. The van der Waals surface area contributed by atoms with Crippen molar-refractivity contribution in [1.29, 1.82) is 0 Å². The maximum absolute atomic E-state index is 5.50. The third kappa shape index (κ3) is 4.99. The fourth-order valence-corrected chi connectivity index (χ4v) is 2.07. The Bertz CT molecular complexity index is 212. The van der Waals surface area contributed by atoms with Crippen LogP contribution in [-0.4, -0.2) is 31.1 Å². The summed E-state index contributed by atoms with van der Waals surface area (Å²) in [5, 5.41) is 0. The molecule has 0 heterocycles. The molecule has 0 aliphatic heterocycles. The number of hydrogen-bond donors (Lipinski definition) is 1. The zero-order valence-corrected chi connectivity index (χ0v) is 11.0. The molecule has 16 heavy (non-hydrogen) atoms. The summed E-state index contributed by atoms with van der Waals surface area (Å²) in [6, 6.07) is 0. The van der Waals surface area contributed by atoms with Gasteiger partial charge in [0.05, 0.1) is 6.61 Å². The lowest BCUT2D eigenvalue weighted by atomic mass is 9.96. The minimum atomic E-state index is 0.697. The number of allylic oxidation sites excluding steroid dienone is 2. The van der Waals surface area contributed by atoms with E-state index in [4.69, 9.17) is 4.84 Å². The van der Waals surface area contributed by atoms with Gasteiger partial charge in [-0.2, -0.15) is 0 Å². The summed E-state index contributed by atoms with van der Waals surface area (Å²) in [6.45, 7) is 10.6. The monoisotopic (exact) mass is 226 g/mol. The molecule has 0 radical (unpaired) electrons. The van der Waals surface area contributed by atoms with Crippen LogP contribution in [0.15, 0.2) is 11.8 Å². The van der Waals surface area contributed by atoms with Crippen LogP contribution in [-0.2, 0) is 4.84 Å². The Labute approximate surface area is 99.8 Å². The molecule has 0 aromatic rings. The second-order valence-electron chi connectivity index (χ2n) is 4.54. The first-order valence-corrected chi connectivity index (χ1v) is 6.57. The number of hydrogen-bond acceptors (Lipinski definition) is 3. The summed E-state index contributed by atoms with van der Waals surface area (Å²) in [7, 11) is 0. The molecule has 0 aromatic heterocycles. The summed E-state index contributed by atoms with van der Waals surface area (Å²) in [4.78, 5) is 7.86. The second-order valence-corrected chi connectivity index (χ2v) is 4.54. The first kappa shape index (κ1) is 13.5. The molecule has 1 aliphatic rings. The van der Waals surface area contributed by atoms with E-state index in [1.165, 1.54) is 18.5 Å². The van der Waals surface area contributed by atoms with E-state index in [0.717, 1.165) is 32.7 Å². The number of likely N-dealkylation sites (N-methyl/N-ethyl adjacent to an activating group) is 1. The Morgan fingerprint density at radius 1 is 1.44 bits per heavy atom. The van der Waals surface area contributed by atoms with E-state index in [-0.39, 0.29) is 0 Å². The largest absolute Gasteiger partial charge is 0.301 e. The maximum atomic E-state index is 5.50. The molecule has 3 nitrogen and oxygen atoms in total. The highest BCUT2D eigenvalue weighted by Crippen LogP contribution is 2.20. The van der Waals surface area contributed by atoms with Crippen LogP contribution in [0.1, 0.15) is 40.0 Å². The van der Waals surface area contributed by atoms with Crippen molar-refractivity contribution in [1.82, 2.24) is 10.4 Å². The van der Waals surface area contributed by atoms with Gasteiger partial charge in [-0.15, -0.1) is 0 Å². The van der Waals surface area contributed by atoms with E-state index in [1.807, 2.05) is 0 Å². The van der Waals surface area contributed by atoms with Crippen LogP contribution in [0.3, 0.4) is 0 Å². The van der Waals surface area contributed by atoms with E-state index in [1.54, 1.807) is 0 Å². The average Bonchev–Trinajstić information content (AvgIpc) is 2.29. The minimum Gasteiger partial charge on any atom is -0.301 e. The third-order valence-electron chi connectivity index (χ3n) is 3.20. The van der Waals surface area contributed by atoms with Crippen molar-refractivity contribution in [3.8, 4) is 0 Å². The summed E-state index contributed by atoms with van der Waals surface area (Å²) >= 11 is 0. The highest BCUT2D eigenvalue weighted by atomic mass is 16.6. The summed E-state index contributed by atoms with van der Waals surface area (Å²) in [5.41, 5.74) is 4.35. The van der Waals surface area contributed by atoms with Gasteiger partial charge in [0.25, 0.3) is 0 Å². The summed E-state index contributed by atoms with van der Waals surface area (Å²) < 4.78 is 0. The topological polar surface area (TPSA) is 24.5 Å². The third-order valence-corrected chi connectivity index (χ3v) is 3.20. The molecule has 0 saturated carbocycles. The van der Waals surface area contributed by atoms with Gasteiger partial charge in [-0.05, 0) is 38.3 Å². The first-order chi connectivity index (χ1) is 7.76. The van der Waals surface area contributed by atoms with E-state index in [0.29, 0.717) is 5.92 Å². The highest BCUT2D eigenvalue weighted by Gasteiger charge is 2.09. The summed E-state index contributed by atoms with van der Waals surface area (Å²) in [5.74, 6) is 0.697. The quantitative estimate of drug-likeness (QED) is 0.533. The molecular weight excluding hydrogens is 200 g/mol. The number of nitrogens with zero attached hydrogens (tertiary/aromatic N) is 1. The van der Waals surface area contributed by atoms with Gasteiger partial charge in [0.1, 0.15) is 0 Å². The van der Waals surface area contributed by atoms with Crippen molar-refractivity contribution in [3.63, 3.8) is 0 Å². The fourth-order valence-electron chi connectivity index (χ4n) is 2.07. The molecular formula is C13H26N2O. The lowest BCUT2D eigenvalue weighted by Gasteiger charge is -2.21. The normalized spacial score (nSPS) is 21.0. The van der Waals surface area contributed by atoms with Crippen LogP contribution < -0.4 is 5.48 Å². The van der Waals surface area contributed by atoms with Crippen molar-refractivity contribution in [3.05, 3.63) is 11.8 Å². The molecule has 94 valence electrons. The van der Waals surface area contributed by atoms with E-state index >= 15 is 0 Å². The summed E-state index contributed by atoms with van der Waals surface area (Å²) in [6.07, 6.45) is 6.01. The van der Waals surface area contributed by atoms with Crippen molar-refractivity contribution < 1.29 is 4.84 Å². The lowest BCUT2D eigenvalue weighted by Crippen LogP contribution is -2.29. The molecule has 1 N–H and O–H groups in total. The van der Waals surface area contributed by atoms with Crippen molar-refractivity contribution >= 4 is 0 Å². The van der Waals surface area contributed by atoms with Gasteiger partial charge < -0.3 is 4.90 Å². The minimum absolute atomic E-state index is 0.697. The van der Waals surface area contributed by atoms with Gasteiger partial charge in [0.15, 0.2) is 0 Å². The van der Waals surface area contributed by atoms with E-state index in [2.05, 4.69) is 37.2 Å². The average molecular weight is 226 g/mol. The van der Waals surface area contributed by atoms with Crippen LogP contribution in [0.25, 0.3) is 0 Å². The number of hydroxylamine groups is 1. The van der Waals surface area contributed by atoms with Gasteiger partial charge >= 0.3 is 0 Å². The Balaban J connectivity index is 2.11. The second kappa shape index (κ2) is 7.69. The molecule has 0 amide bonds. The molecule has 1 aliphatic carbocycles. The molecule has 0 bridgehead atoms. The smallest absolute Gasteiger partial charge is 0.0872 e. The fraction of sp³-hybridized carbons (Fsp3) is 0.846. The molecule has 1 unspecified atom stereocenters. The van der Waals surface area contributed by atoms with Crippen LogP contribution in [0, 0.1) is 5.92 Å². The van der Waals surface area contributed by atoms with Crippen LogP contribution in [0.4, 0.5) is 0 Å². The van der Waals surface area contributed by atoms with Gasteiger partial charge in [-0.1, -0.05) is 26.8 Å². The number of rotatable bonds is 7. The van der Waals surface area contributed by atoms with Crippen molar-refractivity contribution in [2.75, 3.05) is 26.2 Å². The zero-order valence-electron chi connectivity index (χ0n) is 11.0. The van der Waals surface area contributed by atoms with Crippen LogP contribution in [0.2, 0.25) is 0 Å². The molecule has 0 spiro atoms. The SMILES string of the molecule is CCN(CC)CCONC1=CC(C)CCC1. The maximum Gasteiger partial charge on any atom is 0.0872 e. The molecule has 3 heteroatoms. The van der Waals surface area contributed by atoms with Gasteiger partial charge in [0, 0.05) is 12.2 Å². The lowest BCUT2D eigenvalue weighted by molar-refractivity contribution is 0.0430. The molecule has 0 aromatic carbocycles. The predicted molar refractivity (Wildman–Crippen MR) is 68.0 cm³/mol. The Hall–Kier alpha value is -0.540. The first-order valence-electron chi connectivity index (χ1n) is 6.57. The van der Waals surface area contributed by atoms with Crippen LogP contribution in [0.5, 0.6) is 0 Å². The van der Waals surface area contributed by atoms with E-state index in [9.17, 15) is 0 Å². The molecule has 0 fully saturated rings. The molecule has 0 saturated heterocycles. The standard InChI is InChI=1S/C13H26N2O/c1-4-15(5-2)9-10-16-14-13-8-6-7-12(3)11-13/h11-12,14H,4-10H2,1-3H3. The molecule has 1 rings (SSSR count). The van der Waals surface area contributed by atoms with Gasteiger partial charge in [0.2, 0.25) is 0 Å². The van der Waals surface area contributed by atoms with Gasteiger partial charge in [-0.25, -0.2) is 0 Å². The Kier molecular flexibility index (Phi) is 6.50. The predicted octanol–water partition coefficient (Wildman–Crippen LogP) is 2.55. The Morgan fingerprint density at radius 2 is 2.19 bits per heavy atom. The van der Waals surface area contributed by atoms with Gasteiger partial charge in [-0.3, -0.25) is 10.3 Å².